The summed E-state index contributed by atoms with van der Waals surface area (Å²) < 4.78 is 4.61. The molecule has 0 unspecified atom stereocenters. The summed E-state index contributed by atoms with van der Waals surface area (Å²) in [5.74, 6) is 0.635. The number of para-hydroxylation sites is 5. The maximum atomic E-state index is 5.38. The molecule has 0 amide bonds. The van der Waals surface area contributed by atoms with Crippen molar-refractivity contribution in [1.29, 1.82) is 0 Å². The maximum absolute atomic E-state index is 5.38. The fourth-order valence-electron chi connectivity index (χ4n) is 9.13. The maximum Gasteiger partial charge on any atom is 0.235 e. The number of benzene rings is 9. The predicted molar refractivity (Wildman–Crippen MR) is 254 cm³/mol. The zero-order valence-corrected chi connectivity index (χ0v) is 33.1. The van der Waals surface area contributed by atoms with Crippen LogP contribution < -0.4 is 4.90 Å². The molecular weight excluding hydrogens is 743 g/mol. The minimum absolute atomic E-state index is 0.635. The van der Waals surface area contributed by atoms with Crippen LogP contribution in [0.4, 0.5) is 17.1 Å². The van der Waals surface area contributed by atoms with E-state index in [1.165, 1.54) is 21.8 Å². The van der Waals surface area contributed by atoms with Gasteiger partial charge in [0.25, 0.3) is 0 Å². The molecular formula is C56H37N5. The van der Waals surface area contributed by atoms with E-state index in [1.807, 2.05) is 12.1 Å². The third kappa shape index (κ3) is 5.78. The molecule has 0 saturated carbocycles. The van der Waals surface area contributed by atoms with Gasteiger partial charge in [-0.2, -0.15) is 0 Å². The number of aromatic nitrogens is 4. The Hall–Kier alpha value is -8.28. The normalized spacial score (nSPS) is 11.6. The Balaban J connectivity index is 1.11. The van der Waals surface area contributed by atoms with Crippen molar-refractivity contribution in [1.82, 2.24) is 19.1 Å². The highest BCUT2D eigenvalue weighted by Gasteiger charge is 2.21. The lowest BCUT2D eigenvalue weighted by molar-refractivity contribution is 1.01. The summed E-state index contributed by atoms with van der Waals surface area (Å²) in [6, 6.07) is 79.7. The molecule has 0 atom stereocenters. The topological polar surface area (TPSA) is 38.9 Å². The summed E-state index contributed by atoms with van der Waals surface area (Å²) in [5.41, 5.74) is 14.0. The lowest BCUT2D eigenvalue weighted by atomic mass is 10.0. The van der Waals surface area contributed by atoms with Crippen molar-refractivity contribution in [2.45, 2.75) is 0 Å². The Morgan fingerprint density at radius 1 is 0.311 bits per heavy atom. The lowest BCUT2D eigenvalue weighted by Gasteiger charge is -2.25. The summed E-state index contributed by atoms with van der Waals surface area (Å²) in [6.45, 7) is 0. The summed E-state index contributed by atoms with van der Waals surface area (Å²) in [6.07, 6.45) is 0. The Bertz CT molecular complexity index is 3540. The quantitative estimate of drug-likeness (QED) is 0.162. The Morgan fingerprint density at radius 2 is 0.803 bits per heavy atom. The molecule has 0 saturated heterocycles. The van der Waals surface area contributed by atoms with E-state index in [0.717, 1.165) is 77.8 Å². The van der Waals surface area contributed by atoms with Gasteiger partial charge >= 0.3 is 0 Å². The van der Waals surface area contributed by atoms with Gasteiger partial charge in [-0.15, -0.1) is 0 Å². The van der Waals surface area contributed by atoms with E-state index in [1.54, 1.807) is 0 Å². The zero-order valence-electron chi connectivity index (χ0n) is 33.1. The summed E-state index contributed by atoms with van der Waals surface area (Å²) >= 11 is 0. The largest absolute Gasteiger partial charge is 0.310 e. The average Bonchev–Trinajstić information content (AvgIpc) is 3.84. The van der Waals surface area contributed by atoms with Crippen LogP contribution in [0.2, 0.25) is 0 Å². The van der Waals surface area contributed by atoms with E-state index < -0.39 is 0 Å². The number of hydrogen-bond donors (Lipinski definition) is 0. The van der Waals surface area contributed by atoms with Gasteiger partial charge in [-0.05, 0) is 102 Å². The highest BCUT2D eigenvalue weighted by Crippen LogP contribution is 2.42. The smallest absolute Gasteiger partial charge is 0.235 e. The molecule has 0 fully saturated rings. The van der Waals surface area contributed by atoms with Crippen molar-refractivity contribution >= 4 is 71.6 Å². The Kier molecular flexibility index (Phi) is 8.10. The van der Waals surface area contributed by atoms with E-state index in [9.17, 15) is 0 Å². The van der Waals surface area contributed by atoms with Crippen LogP contribution in [0.5, 0.6) is 0 Å². The van der Waals surface area contributed by atoms with E-state index in [4.69, 9.17) is 9.97 Å². The van der Waals surface area contributed by atoms with Gasteiger partial charge in [0, 0.05) is 55.2 Å². The second kappa shape index (κ2) is 14.2. The van der Waals surface area contributed by atoms with Crippen molar-refractivity contribution in [2.75, 3.05) is 4.90 Å². The Morgan fingerprint density at radius 3 is 1.48 bits per heavy atom. The molecule has 0 aliphatic carbocycles. The molecule has 0 aliphatic heterocycles. The molecule has 0 bridgehead atoms. The second-order valence-corrected chi connectivity index (χ2v) is 15.5. The lowest BCUT2D eigenvalue weighted by Crippen LogP contribution is -2.09. The molecule has 5 nitrogen and oxygen atoms in total. The minimum Gasteiger partial charge on any atom is -0.310 e. The van der Waals surface area contributed by atoms with Crippen molar-refractivity contribution < 1.29 is 0 Å². The fraction of sp³-hybridized carbons (Fsp3) is 0. The Labute approximate surface area is 352 Å². The minimum atomic E-state index is 0.635. The first-order valence-electron chi connectivity index (χ1n) is 20.7. The van der Waals surface area contributed by atoms with E-state index in [2.05, 4.69) is 226 Å². The molecule has 12 rings (SSSR count). The van der Waals surface area contributed by atoms with Gasteiger partial charge in [-0.1, -0.05) is 133 Å². The van der Waals surface area contributed by atoms with Gasteiger partial charge in [0.05, 0.1) is 33.3 Å². The van der Waals surface area contributed by atoms with Crippen LogP contribution in [0.3, 0.4) is 0 Å². The molecule has 5 heteroatoms. The molecule has 3 heterocycles. The van der Waals surface area contributed by atoms with Gasteiger partial charge in [0.15, 0.2) is 0 Å². The fourth-order valence-corrected chi connectivity index (χ4v) is 9.13. The molecule has 0 radical (unpaired) electrons. The highest BCUT2D eigenvalue weighted by atomic mass is 15.2. The average molecular weight is 780 g/mol. The van der Waals surface area contributed by atoms with Crippen LogP contribution in [0, 0.1) is 0 Å². The summed E-state index contributed by atoms with van der Waals surface area (Å²) in [7, 11) is 0. The number of anilines is 3. The summed E-state index contributed by atoms with van der Waals surface area (Å²) in [4.78, 5) is 13.0. The first-order chi connectivity index (χ1) is 30.3. The first-order valence-corrected chi connectivity index (χ1v) is 20.7. The molecule has 9 aromatic carbocycles. The number of fused-ring (bicyclic) bond motifs is 7. The first kappa shape index (κ1) is 34.7. The van der Waals surface area contributed by atoms with Crippen LogP contribution >= 0.6 is 0 Å². The molecule has 0 spiro atoms. The molecule has 0 N–H and O–H groups in total. The van der Waals surface area contributed by atoms with E-state index in [0.29, 0.717) is 5.95 Å². The van der Waals surface area contributed by atoms with Crippen LogP contribution in [0.25, 0.3) is 88.5 Å². The van der Waals surface area contributed by atoms with Crippen molar-refractivity contribution in [3.05, 3.63) is 224 Å². The number of hydrogen-bond acceptors (Lipinski definition) is 3. The number of rotatable bonds is 7. The molecule has 286 valence electrons. The van der Waals surface area contributed by atoms with Crippen LogP contribution in [0.15, 0.2) is 224 Å². The van der Waals surface area contributed by atoms with Crippen molar-refractivity contribution in [3.63, 3.8) is 0 Å². The van der Waals surface area contributed by atoms with Gasteiger partial charge in [0.2, 0.25) is 5.95 Å². The van der Waals surface area contributed by atoms with Gasteiger partial charge in [-0.3, -0.25) is 4.57 Å². The molecule has 61 heavy (non-hydrogen) atoms. The third-order valence-electron chi connectivity index (χ3n) is 11.9. The second-order valence-electron chi connectivity index (χ2n) is 15.5. The summed E-state index contributed by atoms with van der Waals surface area (Å²) in [5, 5.41) is 5.72. The third-order valence-corrected chi connectivity index (χ3v) is 11.9. The monoisotopic (exact) mass is 779 g/mol. The van der Waals surface area contributed by atoms with E-state index in [-0.39, 0.29) is 0 Å². The van der Waals surface area contributed by atoms with Crippen LogP contribution in [0.1, 0.15) is 0 Å². The van der Waals surface area contributed by atoms with Gasteiger partial charge < -0.3 is 9.47 Å². The molecule has 0 aliphatic rings. The molecule has 12 aromatic rings. The standard InChI is InChI=1S/C56H37N5/c1-5-17-38(18-6-1)55-46-26-13-15-27-50(46)57-56(58-55)61-53-33-30-40(39-29-32-52-47(35-39)45-25-14-16-28-51(45)60(52)43-23-11-4-12-24-43)36-48(53)49-37-44(31-34-54(49)61)59(41-19-7-2-8-20-41)42-21-9-3-10-22-42/h1-37H. The highest BCUT2D eigenvalue weighted by molar-refractivity contribution is 6.13. The van der Waals surface area contributed by atoms with Crippen LogP contribution in [-0.4, -0.2) is 19.1 Å². The number of nitrogens with zero attached hydrogens (tertiary/aromatic N) is 5. The SMILES string of the molecule is c1ccc(-c2nc(-n3c4ccc(-c5ccc6c(c5)c5ccccc5n6-c5ccccc5)cc4c4cc(N(c5ccccc5)c5ccccc5)ccc43)nc3ccccc23)cc1. The van der Waals surface area contributed by atoms with Crippen molar-refractivity contribution in [3.8, 4) is 34.0 Å². The van der Waals surface area contributed by atoms with E-state index >= 15 is 0 Å². The molecule has 3 aromatic heterocycles. The predicted octanol–water partition coefficient (Wildman–Crippen LogP) is 14.6. The zero-order chi connectivity index (χ0) is 40.3. The van der Waals surface area contributed by atoms with Crippen molar-refractivity contribution in [2.24, 2.45) is 0 Å². The van der Waals surface area contributed by atoms with Crippen LogP contribution in [-0.2, 0) is 0 Å². The van der Waals surface area contributed by atoms with Gasteiger partial charge in [0.1, 0.15) is 0 Å². The van der Waals surface area contributed by atoms with Gasteiger partial charge in [-0.25, -0.2) is 9.97 Å².